The van der Waals surface area contributed by atoms with Gasteiger partial charge >= 0.3 is 0 Å². The van der Waals surface area contributed by atoms with Crippen LogP contribution in [0.4, 0.5) is 0 Å². The van der Waals surface area contributed by atoms with Gasteiger partial charge in [0.05, 0.1) is 6.33 Å². The Labute approximate surface area is 54.5 Å². The third-order valence-electron chi connectivity index (χ3n) is 1.97. The van der Waals surface area contributed by atoms with Gasteiger partial charge in [0, 0.05) is 18.4 Å². The molecule has 2 rings (SSSR count). The third-order valence-corrected chi connectivity index (χ3v) is 1.97. The molecule has 0 saturated heterocycles. The molecule has 0 aromatic carbocycles. The van der Waals surface area contributed by atoms with E-state index >= 15 is 0 Å². The van der Waals surface area contributed by atoms with Crippen molar-refractivity contribution in [1.29, 1.82) is 0 Å². The number of imidazole rings is 1. The van der Waals surface area contributed by atoms with Crippen LogP contribution in [0.3, 0.4) is 0 Å². The topological polar surface area (TPSA) is 17.8 Å². The Balaban J connectivity index is 2.18. The summed E-state index contributed by atoms with van der Waals surface area (Å²) in [5.74, 6) is 0.874. The molecule has 0 N–H and O–H groups in total. The van der Waals surface area contributed by atoms with Crippen LogP contribution in [0.15, 0.2) is 18.7 Å². The zero-order chi connectivity index (χ0) is 6.27. The van der Waals surface area contributed by atoms with Gasteiger partial charge in [-0.05, 0) is 12.3 Å². The molecule has 1 aliphatic rings. The van der Waals surface area contributed by atoms with Gasteiger partial charge in [-0.15, -0.1) is 0 Å². The minimum Gasteiger partial charge on any atom is -0.334 e. The molecule has 1 heterocycles. The fourth-order valence-corrected chi connectivity index (χ4v) is 1.18. The van der Waals surface area contributed by atoms with Gasteiger partial charge < -0.3 is 4.57 Å². The van der Waals surface area contributed by atoms with Crippen LogP contribution in [0.25, 0.3) is 0 Å². The van der Waals surface area contributed by atoms with E-state index in [0.29, 0.717) is 0 Å². The molecule has 0 bridgehead atoms. The van der Waals surface area contributed by atoms with Gasteiger partial charge in [-0.25, -0.2) is 4.98 Å². The van der Waals surface area contributed by atoms with Gasteiger partial charge in [-0.3, -0.25) is 0 Å². The molecule has 2 nitrogen and oxygen atoms in total. The second kappa shape index (κ2) is 1.59. The molecule has 9 heavy (non-hydrogen) atoms. The highest BCUT2D eigenvalue weighted by molar-refractivity contribution is 4.92. The monoisotopic (exact) mass is 122 g/mol. The SMILES string of the molecule is CC1CC1n1ccnc1. The zero-order valence-electron chi connectivity index (χ0n) is 5.49. The molecule has 1 aliphatic carbocycles. The van der Waals surface area contributed by atoms with E-state index in [-0.39, 0.29) is 0 Å². The molecule has 1 saturated carbocycles. The molecular weight excluding hydrogens is 112 g/mol. The van der Waals surface area contributed by atoms with Crippen molar-refractivity contribution in [2.24, 2.45) is 5.92 Å². The lowest BCUT2D eigenvalue weighted by Gasteiger charge is -1.94. The summed E-state index contributed by atoms with van der Waals surface area (Å²) in [4.78, 5) is 3.98. The first kappa shape index (κ1) is 5.03. The van der Waals surface area contributed by atoms with Crippen LogP contribution in [0.1, 0.15) is 19.4 Å². The van der Waals surface area contributed by atoms with Gasteiger partial charge in [-0.2, -0.15) is 0 Å². The minimum absolute atomic E-state index is 0.757. The second-order valence-electron chi connectivity index (χ2n) is 2.79. The quantitative estimate of drug-likeness (QED) is 0.551. The van der Waals surface area contributed by atoms with Crippen LogP contribution in [0, 0.1) is 5.92 Å². The van der Waals surface area contributed by atoms with Gasteiger partial charge in [0.1, 0.15) is 0 Å². The Kier molecular flexibility index (Phi) is 0.891. The maximum Gasteiger partial charge on any atom is 0.0948 e. The smallest absolute Gasteiger partial charge is 0.0948 e. The van der Waals surface area contributed by atoms with Gasteiger partial charge in [0.25, 0.3) is 0 Å². The highest BCUT2D eigenvalue weighted by Crippen LogP contribution is 2.42. The zero-order valence-corrected chi connectivity index (χ0v) is 5.49. The molecule has 2 heteroatoms. The second-order valence-corrected chi connectivity index (χ2v) is 2.79. The largest absolute Gasteiger partial charge is 0.334 e. The van der Waals surface area contributed by atoms with Crippen LogP contribution in [0.2, 0.25) is 0 Å². The average molecular weight is 122 g/mol. The molecule has 2 unspecified atom stereocenters. The van der Waals surface area contributed by atoms with Crippen molar-refractivity contribution < 1.29 is 0 Å². The standard InChI is InChI=1S/C7H10N2/c1-6-4-7(6)9-3-2-8-5-9/h2-3,5-7H,4H2,1H3. The highest BCUT2D eigenvalue weighted by Gasteiger charge is 2.33. The van der Waals surface area contributed by atoms with Gasteiger partial charge in [0.15, 0.2) is 0 Å². The van der Waals surface area contributed by atoms with E-state index in [1.807, 2.05) is 18.7 Å². The fourth-order valence-electron chi connectivity index (χ4n) is 1.18. The summed E-state index contributed by atoms with van der Waals surface area (Å²) in [5, 5.41) is 0. The summed E-state index contributed by atoms with van der Waals surface area (Å²) in [7, 11) is 0. The van der Waals surface area contributed by atoms with Crippen molar-refractivity contribution in [3.8, 4) is 0 Å². The minimum atomic E-state index is 0.757. The number of hydrogen-bond acceptors (Lipinski definition) is 1. The van der Waals surface area contributed by atoms with Crippen LogP contribution < -0.4 is 0 Å². The summed E-state index contributed by atoms with van der Waals surface area (Å²) >= 11 is 0. The predicted octanol–water partition coefficient (Wildman–Crippen LogP) is 1.46. The number of rotatable bonds is 1. The van der Waals surface area contributed by atoms with Crippen molar-refractivity contribution in [2.45, 2.75) is 19.4 Å². The van der Waals surface area contributed by atoms with Crippen molar-refractivity contribution in [3.63, 3.8) is 0 Å². The van der Waals surface area contributed by atoms with Crippen LogP contribution in [-0.2, 0) is 0 Å². The van der Waals surface area contributed by atoms with Crippen LogP contribution >= 0.6 is 0 Å². The molecule has 48 valence electrons. The Bertz CT molecular complexity index is 191. The number of aromatic nitrogens is 2. The summed E-state index contributed by atoms with van der Waals surface area (Å²) in [5.41, 5.74) is 0. The lowest BCUT2D eigenvalue weighted by Crippen LogP contribution is -1.89. The Morgan fingerprint density at radius 1 is 1.67 bits per heavy atom. The van der Waals surface area contributed by atoms with Crippen molar-refractivity contribution in [3.05, 3.63) is 18.7 Å². The maximum atomic E-state index is 3.98. The molecule has 0 spiro atoms. The predicted molar refractivity (Wildman–Crippen MR) is 35.0 cm³/mol. The normalized spacial score (nSPS) is 32.6. The number of hydrogen-bond donors (Lipinski definition) is 0. The van der Waals surface area contributed by atoms with E-state index in [0.717, 1.165) is 12.0 Å². The average Bonchev–Trinajstić information content (AvgIpc) is 2.44. The van der Waals surface area contributed by atoms with Crippen molar-refractivity contribution >= 4 is 0 Å². The van der Waals surface area contributed by atoms with Crippen LogP contribution in [-0.4, -0.2) is 9.55 Å². The van der Waals surface area contributed by atoms with Crippen LogP contribution in [0.5, 0.6) is 0 Å². The Hall–Kier alpha value is -0.790. The molecule has 1 aromatic heterocycles. The molecular formula is C7H10N2. The van der Waals surface area contributed by atoms with Crippen molar-refractivity contribution in [2.75, 3.05) is 0 Å². The first-order valence-corrected chi connectivity index (χ1v) is 3.35. The summed E-state index contributed by atoms with van der Waals surface area (Å²) < 4.78 is 2.19. The lowest BCUT2D eigenvalue weighted by atomic mass is 10.5. The van der Waals surface area contributed by atoms with Gasteiger partial charge in [0.2, 0.25) is 0 Å². The molecule has 0 radical (unpaired) electrons. The van der Waals surface area contributed by atoms with E-state index in [1.165, 1.54) is 6.42 Å². The Morgan fingerprint density at radius 3 is 2.89 bits per heavy atom. The fraction of sp³-hybridized carbons (Fsp3) is 0.571. The first-order chi connectivity index (χ1) is 4.38. The van der Waals surface area contributed by atoms with E-state index in [1.54, 1.807) is 0 Å². The maximum absolute atomic E-state index is 3.98. The molecule has 1 fully saturated rings. The third kappa shape index (κ3) is 0.745. The van der Waals surface area contributed by atoms with E-state index < -0.39 is 0 Å². The summed E-state index contributed by atoms with van der Waals surface area (Å²) in [6, 6.07) is 0.757. The molecule has 0 amide bonds. The van der Waals surface area contributed by atoms with Gasteiger partial charge in [-0.1, -0.05) is 6.92 Å². The lowest BCUT2D eigenvalue weighted by molar-refractivity contribution is 0.685. The Morgan fingerprint density at radius 2 is 2.44 bits per heavy atom. The first-order valence-electron chi connectivity index (χ1n) is 3.35. The number of nitrogens with zero attached hydrogens (tertiary/aromatic N) is 2. The van der Waals surface area contributed by atoms with E-state index in [9.17, 15) is 0 Å². The van der Waals surface area contributed by atoms with E-state index in [2.05, 4.69) is 16.5 Å². The molecule has 2 atom stereocenters. The molecule has 0 aliphatic heterocycles. The van der Waals surface area contributed by atoms with E-state index in [4.69, 9.17) is 0 Å². The molecule has 1 aromatic rings. The summed E-state index contributed by atoms with van der Waals surface area (Å²) in [6.45, 7) is 2.27. The van der Waals surface area contributed by atoms with Crippen molar-refractivity contribution in [1.82, 2.24) is 9.55 Å². The highest BCUT2D eigenvalue weighted by atomic mass is 15.1. The summed E-state index contributed by atoms with van der Waals surface area (Å²) in [6.07, 6.45) is 7.10.